The van der Waals surface area contributed by atoms with Gasteiger partial charge in [0.15, 0.2) is 5.82 Å². The summed E-state index contributed by atoms with van der Waals surface area (Å²) in [6.45, 7) is 10.3. The summed E-state index contributed by atoms with van der Waals surface area (Å²) in [6.07, 6.45) is 3.63. The van der Waals surface area contributed by atoms with Crippen molar-refractivity contribution in [2.75, 3.05) is 31.1 Å². The Morgan fingerprint density at radius 2 is 1.85 bits per heavy atom. The number of hydrogen-bond donors (Lipinski definition) is 0. The van der Waals surface area contributed by atoms with Crippen molar-refractivity contribution >= 4 is 17.2 Å². The first-order valence-electron chi connectivity index (χ1n) is 8.98. The Bertz CT molecular complexity index is 864. The minimum atomic E-state index is 0.468. The van der Waals surface area contributed by atoms with Gasteiger partial charge in [0.1, 0.15) is 5.82 Å². The predicted molar refractivity (Wildman–Crippen MR) is 105 cm³/mol. The molecule has 0 bridgehead atoms. The van der Waals surface area contributed by atoms with Gasteiger partial charge in [0.25, 0.3) is 0 Å². The number of rotatable bonds is 4. The highest BCUT2D eigenvalue weighted by Gasteiger charge is 2.23. The first kappa shape index (κ1) is 17.2. The number of thiophene rings is 1. The van der Waals surface area contributed by atoms with Crippen LogP contribution in [0.2, 0.25) is 0 Å². The first-order valence-corrected chi connectivity index (χ1v) is 9.93. The summed E-state index contributed by atoms with van der Waals surface area (Å²) < 4.78 is 1.86. The summed E-state index contributed by atoms with van der Waals surface area (Å²) in [4.78, 5) is 14.1. The van der Waals surface area contributed by atoms with E-state index in [2.05, 4.69) is 49.7 Å². The maximum atomic E-state index is 4.81. The van der Waals surface area contributed by atoms with Crippen LogP contribution in [0.3, 0.4) is 0 Å². The van der Waals surface area contributed by atoms with Crippen molar-refractivity contribution < 1.29 is 0 Å². The molecule has 3 aromatic heterocycles. The normalized spacial score (nSPS) is 16.8. The van der Waals surface area contributed by atoms with E-state index in [-0.39, 0.29) is 0 Å². The number of hydrogen-bond acceptors (Lipinski definition) is 6. The molecular formula is C19H24N6S. The summed E-state index contributed by atoms with van der Waals surface area (Å²) in [5.41, 5.74) is 3.48. The van der Waals surface area contributed by atoms with E-state index in [1.165, 1.54) is 5.56 Å². The highest BCUT2D eigenvalue weighted by atomic mass is 32.1. The summed E-state index contributed by atoms with van der Waals surface area (Å²) in [5.74, 6) is 1.71. The topological polar surface area (TPSA) is 50.1 Å². The number of aromatic nitrogens is 4. The minimum absolute atomic E-state index is 0.468. The molecule has 26 heavy (non-hydrogen) atoms. The molecule has 1 unspecified atom stereocenters. The molecule has 0 radical (unpaired) electrons. The van der Waals surface area contributed by atoms with E-state index < -0.39 is 0 Å². The van der Waals surface area contributed by atoms with Gasteiger partial charge in [-0.05, 0) is 49.2 Å². The molecule has 7 heteroatoms. The van der Waals surface area contributed by atoms with Gasteiger partial charge in [-0.25, -0.2) is 9.67 Å². The highest BCUT2D eigenvalue weighted by Crippen LogP contribution is 2.24. The molecule has 0 saturated carbocycles. The van der Waals surface area contributed by atoms with Crippen molar-refractivity contribution in [3.63, 3.8) is 0 Å². The first-order chi connectivity index (χ1) is 12.6. The van der Waals surface area contributed by atoms with Gasteiger partial charge in [0.2, 0.25) is 0 Å². The zero-order valence-electron chi connectivity index (χ0n) is 15.5. The second-order valence-electron chi connectivity index (χ2n) is 6.83. The Morgan fingerprint density at radius 1 is 1.08 bits per heavy atom. The minimum Gasteiger partial charge on any atom is -0.353 e. The summed E-state index contributed by atoms with van der Waals surface area (Å²) in [6, 6.07) is 4.75. The van der Waals surface area contributed by atoms with Gasteiger partial charge in [-0.3, -0.25) is 9.88 Å². The fourth-order valence-electron chi connectivity index (χ4n) is 3.52. The standard InChI is InChI=1S/C19H24N6S/c1-14-10-15(2)25(22-14)19-12-20-11-18(21-19)24-7-5-23(6-8-24)16(3)17-4-9-26-13-17/h4,9-13,16H,5-8H2,1-3H3. The Kier molecular flexibility index (Phi) is 4.74. The smallest absolute Gasteiger partial charge is 0.174 e. The molecule has 1 fully saturated rings. The Hall–Kier alpha value is -2.25. The monoisotopic (exact) mass is 368 g/mol. The zero-order valence-corrected chi connectivity index (χ0v) is 16.3. The van der Waals surface area contributed by atoms with Crippen LogP contribution in [0.25, 0.3) is 5.82 Å². The Balaban J connectivity index is 1.46. The van der Waals surface area contributed by atoms with Crippen LogP contribution < -0.4 is 4.90 Å². The molecule has 6 nitrogen and oxygen atoms in total. The van der Waals surface area contributed by atoms with Crippen LogP contribution in [0.4, 0.5) is 5.82 Å². The van der Waals surface area contributed by atoms with E-state index in [1.807, 2.05) is 24.7 Å². The highest BCUT2D eigenvalue weighted by molar-refractivity contribution is 7.07. The molecule has 4 heterocycles. The molecule has 1 atom stereocenters. The van der Waals surface area contributed by atoms with Gasteiger partial charge in [-0.2, -0.15) is 16.4 Å². The van der Waals surface area contributed by atoms with Gasteiger partial charge in [0.05, 0.1) is 18.1 Å². The predicted octanol–water partition coefficient (Wildman–Crippen LogP) is 3.22. The third-order valence-electron chi connectivity index (χ3n) is 5.05. The van der Waals surface area contributed by atoms with Crippen molar-refractivity contribution in [3.05, 3.63) is 52.2 Å². The lowest BCUT2D eigenvalue weighted by atomic mass is 10.1. The SMILES string of the molecule is Cc1cc(C)n(-c2cncc(N3CCN(C(C)c4ccsc4)CC3)n2)n1. The number of anilines is 1. The molecule has 0 aromatic carbocycles. The Labute approximate surface area is 158 Å². The van der Waals surface area contributed by atoms with E-state index in [9.17, 15) is 0 Å². The van der Waals surface area contributed by atoms with E-state index in [0.717, 1.165) is 49.2 Å². The molecule has 0 N–H and O–H groups in total. The van der Waals surface area contributed by atoms with Crippen molar-refractivity contribution in [3.8, 4) is 5.82 Å². The lowest BCUT2D eigenvalue weighted by Crippen LogP contribution is -2.47. The lowest BCUT2D eigenvalue weighted by Gasteiger charge is -2.38. The van der Waals surface area contributed by atoms with Crippen LogP contribution in [0.1, 0.15) is 29.9 Å². The van der Waals surface area contributed by atoms with E-state index in [1.54, 1.807) is 17.5 Å². The van der Waals surface area contributed by atoms with Crippen LogP contribution in [0, 0.1) is 13.8 Å². The third kappa shape index (κ3) is 3.37. The van der Waals surface area contributed by atoms with Crippen molar-refractivity contribution in [2.45, 2.75) is 26.8 Å². The zero-order chi connectivity index (χ0) is 18.1. The lowest BCUT2D eigenvalue weighted by molar-refractivity contribution is 0.198. The van der Waals surface area contributed by atoms with Crippen molar-refractivity contribution in [2.24, 2.45) is 0 Å². The molecule has 0 aliphatic carbocycles. The molecular weight excluding hydrogens is 344 g/mol. The molecule has 1 aliphatic heterocycles. The molecule has 4 rings (SSSR count). The molecule has 3 aromatic rings. The van der Waals surface area contributed by atoms with Gasteiger partial charge in [-0.15, -0.1) is 0 Å². The molecule has 1 saturated heterocycles. The second kappa shape index (κ2) is 7.17. The van der Waals surface area contributed by atoms with E-state index >= 15 is 0 Å². The van der Waals surface area contributed by atoms with Gasteiger partial charge < -0.3 is 4.90 Å². The summed E-state index contributed by atoms with van der Waals surface area (Å²) in [7, 11) is 0. The van der Waals surface area contributed by atoms with Gasteiger partial charge in [0, 0.05) is 37.9 Å². The number of piperazine rings is 1. The molecule has 0 amide bonds. The average Bonchev–Trinajstić information content (AvgIpc) is 3.31. The summed E-state index contributed by atoms with van der Waals surface area (Å²) >= 11 is 1.77. The van der Waals surface area contributed by atoms with Gasteiger partial charge in [-0.1, -0.05) is 0 Å². The van der Waals surface area contributed by atoms with E-state index in [0.29, 0.717) is 6.04 Å². The fraction of sp³-hybridized carbons (Fsp3) is 0.421. The van der Waals surface area contributed by atoms with Crippen LogP contribution in [0.5, 0.6) is 0 Å². The molecule has 1 aliphatic rings. The number of nitrogens with zero attached hydrogens (tertiary/aromatic N) is 6. The maximum absolute atomic E-state index is 4.81. The van der Waals surface area contributed by atoms with Crippen LogP contribution in [-0.4, -0.2) is 50.8 Å². The average molecular weight is 369 g/mol. The molecule has 0 spiro atoms. The fourth-order valence-corrected chi connectivity index (χ4v) is 4.27. The van der Waals surface area contributed by atoms with Crippen molar-refractivity contribution in [1.82, 2.24) is 24.6 Å². The number of aryl methyl sites for hydroxylation is 2. The third-order valence-corrected chi connectivity index (χ3v) is 5.75. The van der Waals surface area contributed by atoms with Crippen molar-refractivity contribution in [1.29, 1.82) is 0 Å². The maximum Gasteiger partial charge on any atom is 0.174 e. The second-order valence-corrected chi connectivity index (χ2v) is 7.61. The molecule has 136 valence electrons. The van der Waals surface area contributed by atoms with Gasteiger partial charge >= 0.3 is 0 Å². The van der Waals surface area contributed by atoms with E-state index in [4.69, 9.17) is 4.98 Å². The summed E-state index contributed by atoms with van der Waals surface area (Å²) in [5, 5.41) is 8.92. The quantitative estimate of drug-likeness (QED) is 0.708. The Morgan fingerprint density at radius 3 is 2.50 bits per heavy atom. The van der Waals surface area contributed by atoms with Crippen LogP contribution in [-0.2, 0) is 0 Å². The largest absolute Gasteiger partial charge is 0.353 e. The van der Waals surface area contributed by atoms with Crippen LogP contribution in [0.15, 0.2) is 35.3 Å². The van der Waals surface area contributed by atoms with Crippen LogP contribution >= 0.6 is 11.3 Å².